The number of thiazole rings is 1. The van der Waals surface area contributed by atoms with E-state index in [9.17, 15) is 4.79 Å². The molecule has 1 aromatic heterocycles. The van der Waals surface area contributed by atoms with E-state index in [1.807, 2.05) is 25.1 Å². The second-order valence-electron chi connectivity index (χ2n) is 6.93. The maximum atomic E-state index is 12.0. The van der Waals surface area contributed by atoms with Crippen LogP contribution < -0.4 is 15.4 Å². The van der Waals surface area contributed by atoms with Crippen molar-refractivity contribution in [3.63, 3.8) is 0 Å². The minimum Gasteiger partial charge on any atom is -0.493 e. The Balaban J connectivity index is 1.74. The van der Waals surface area contributed by atoms with Gasteiger partial charge in [0.25, 0.3) is 0 Å². The summed E-state index contributed by atoms with van der Waals surface area (Å²) in [5.41, 5.74) is 2.15. The fourth-order valence-electron chi connectivity index (χ4n) is 2.87. The zero-order valence-corrected chi connectivity index (χ0v) is 17.6. The van der Waals surface area contributed by atoms with Crippen LogP contribution in [0.2, 0.25) is 0 Å². The van der Waals surface area contributed by atoms with Crippen molar-refractivity contribution >= 4 is 23.2 Å². The van der Waals surface area contributed by atoms with Gasteiger partial charge in [-0.05, 0) is 19.9 Å². The third-order valence-electron chi connectivity index (χ3n) is 4.62. The number of guanidine groups is 1. The second kappa shape index (κ2) is 9.05. The number of likely N-dealkylation sites (N-methyl/N-ethyl adjacent to an activating group) is 1. The highest BCUT2D eigenvalue weighted by Gasteiger charge is 2.22. The molecule has 150 valence electrons. The Morgan fingerprint density at radius 3 is 2.86 bits per heavy atom. The van der Waals surface area contributed by atoms with Crippen molar-refractivity contribution in [3.05, 3.63) is 45.4 Å². The van der Waals surface area contributed by atoms with Crippen LogP contribution in [0, 0.1) is 13.8 Å². The molecule has 3 rings (SSSR count). The van der Waals surface area contributed by atoms with Gasteiger partial charge in [0.05, 0.1) is 24.9 Å². The van der Waals surface area contributed by atoms with Gasteiger partial charge in [0, 0.05) is 31.0 Å². The lowest BCUT2D eigenvalue weighted by Crippen LogP contribution is -2.41. The Bertz CT molecular complexity index is 843. The molecule has 2 aromatic rings. The molecule has 0 saturated heterocycles. The smallest absolute Gasteiger partial charge is 0.243 e. The van der Waals surface area contributed by atoms with Gasteiger partial charge < -0.3 is 20.3 Å². The summed E-state index contributed by atoms with van der Waals surface area (Å²) in [6.45, 7) is 5.37. The van der Waals surface area contributed by atoms with Crippen molar-refractivity contribution in [1.29, 1.82) is 0 Å². The van der Waals surface area contributed by atoms with Crippen molar-refractivity contribution in [2.45, 2.75) is 32.9 Å². The molecule has 0 bridgehead atoms. The van der Waals surface area contributed by atoms with E-state index in [1.165, 1.54) is 4.88 Å². The summed E-state index contributed by atoms with van der Waals surface area (Å²) in [6.07, 6.45) is 0.828. The van der Waals surface area contributed by atoms with Gasteiger partial charge in [-0.15, -0.1) is 11.3 Å². The largest absolute Gasteiger partial charge is 0.493 e. The number of hydrogen-bond donors (Lipinski definition) is 2. The van der Waals surface area contributed by atoms with Gasteiger partial charge in [-0.1, -0.05) is 18.2 Å². The lowest BCUT2D eigenvalue weighted by atomic mass is 10.0. The quantitative estimate of drug-likeness (QED) is 0.594. The number of carbonyl (C=O) groups is 1. The third kappa shape index (κ3) is 5.01. The van der Waals surface area contributed by atoms with Crippen molar-refractivity contribution in [2.75, 3.05) is 27.2 Å². The van der Waals surface area contributed by atoms with E-state index in [1.54, 1.807) is 30.3 Å². The Morgan fingerprint density at radius 2 is 2.14 bits per heavy atom. The highest BCUT2D eigenvalue weighted by molar-refractivity contribution is 7.11. The molecule has 2 N–H and O–H groups in total. The molecule has 8 heteroatoms. The monoisotopic (exact) mass is 401 g/mol. The number of para-hydroxylation sites is 1. The average Bonchev–Trinajstić information content (AvgIpc) is 3.01. The number of aryl methyl sites for hydroxylation is 2. The first kappa shape index (κ1) is 20.1. The molecule has 0 saturated carbocycles. The lowest BCUT2D eigenvalue weighted by molar-refractivity contribution is -0.127. The molecular weight excluding hydrogens is 374 g/mol. The lowest BCUT2D eigenvalue weighted by Gasteiger charge is -2.28. The van der Waals surface area contributed by atoms with Crippen molar-refractivity contribution < 1.29 is 9.53 Å². The number of nitrogens with one attached hydrogen (secondary N) is 2. The maximum absolute atomic E-state index is 12.0. The molecule has 1 unspecified atom stereocenters. The number of benzene rings is 1. The van der Waals surface area contributed by atoms with Gasteiger partial charge in [0.1, 0.15) is 17.3 Å². The highest BCUT2D eigenvalue weighted by Crippen LogP contribution is 2.31. The molecule has 1 aromatic carbocycles. The molecular formula is C20H27N5O2S. The number of carbonyl (C=O) groups excluding carboxylic acids is 1. The fraction of sp³-hybridized carbons (Fsp3) is 0.450. The van der Waals surface area contributed by atoms with Crippen LogP contribution in [-0.4, -0.2) is 49.0 Å². The molecule has 2 heterocycles. The summed E-state index contributed by atoms with van der Waals surface area (Å²) in [4.78, 5) is 23.8. The number of aromatic nitrogens is 1. The Morgan fingerprint density at radius 1 is 1.36 bits per heavy atom. The van der Waals surface area contributed by atoms with Crippen LogP contribution in [0.1, 0.15) is 33.6 Å². The zero-order valence-electron chi connectivity index (χ0n) is 16.8. The van der Waals surface area contributed by atoms with E-state index in [4.69, 9.17) is 4.74 Å². The molecule has 1 amide bonds. The van der Waals surface area contributed by atoms with Crippen LogP contribution in [0.3, 0.4) is 0 Å². The SMILES string of the molecule is Cc1nc(CNC(=NCC(=O)N(C)C)NC2CCOc3ccccc32)sc1C. The number of hydrogen-bond acceptors (Lipinski definition) is 5. The molecule has 0 spiro atoms. The number of ether oxygens (including phenoxy) is 1. The summed E-state index contributed by atoms with van der Waals surface area (Å²) >= 11 is 1.67. The number of aliphatic imine (C=N–C) groups is 1. The van der Waals surface area contributed by atoms with Crippen LogP contribution >= 0.6 is 11.3 Å². The first-order valence-electron chi connectivity index (χ1n) is 9.33. The van der Waals surface area contributed by atoms with Crippen LogP contribution in [0.5, 0.6) is 5.75 Å². The van der Waals surface area contributed by atoms with Gasteiger partial charge in [0.15, 0.2) is 5.96 Å². The predicted molar refractivity (Wildman–Crippen MR) is 112 cm³/mol. The maximum Gasteiger partial charge on any atom is 0.243 e. The third-order valence-corrected chi connectivity index (χ3v) is 5.69. The van der Waals surface area contributed by atoms with Gasteiger partial charge >= 0.3 is 0 Å². The number of fused-ring (bicyclic) bond motifs is 1. The summed E-state index contributed by atoms with van der Waals surface area (Å²) in [5.74, 6) is 1.44. The fourth-order valence-corrected chi connectivity index (χ4v) is 3.75. The van der Waals surface area contributed by atoms with Crippen LogP contribution in [-0.2, 0) is 11.3 Å². The van der Waals surface area contributed by atoms with Crippen LogP contribution in [0.4, 0.5) is 0 Å². The van der Waals surface area contributed by atoms with Crippen LogP contribution in [0.25, 0.3) is 0 Å². The molecule has 0 fully saturated rings. The molecule has 1 aliphatic heterocycles. The van der Waals surface area contributed by atoms with E-state index in [0.717, 1.165) is 28.4 Å². The number of nitrogens with zero attached hydrogens (tertiary/aromatic N) is 3. The highest BCUT2D eigenvalue weighted by atomic mass is 32.1. The van der Waals surface area contributed by atoms with Gasteiger partial charge in [-0.3, -0.25) is 4.79 Å². The van der Waals surface area contributed by atoms with Crippen molar-refractivity contribution in [3.8, 4) is 5.75 Å². The Kier molecular flexibility index (Phi) is 6.51. The van der Waals surface area contributed by atoms with Crippen molar-refractivity contribution in [2.24, 2.45) is 4.99 Å². The zero-order chi connectivity index (χ0) is 20.1. The summed E-state index contributed by atoms with van der Waals surface area (Å²) in [5, 5.41) is 7.78. The number of rotatable bonds is 5. The van der Waals surface area contributed by atoms with Gasteiger partial charge in [0.2, 0.25) is 5.91 Å². The standard InChI is InChI=1S/C20H27N5O2S/c1-13-14(2)28-18(23-13)11-21-20(22-12-19(26)25(3)4)24-16-9-10-27-17-8-6-5-7-15(16)17/h5-8,16H,9-12H2,1-4H3,(H2,21,22,24). The normalized spacial score (nSPS) is 16.1. The minimum atomic E-state index is -0.0468. The first-order chi connectivity index (χ1) is 13.4. The van der Waals surface area contributed by atoms with E-state index in [0.29, 0.717) is 19.1 Å². The van der Waals surface area contributed by atoms with E-state index in [-0.39, 0.29) is 18.5 Å². The topological polar surface area (TPSA) is 78.9 Å². The van der Waals surface area contributed by atoms with Crippen molar-refractivity contribution in [1.82, 2.24) is 20.5 Å². The summed E-state index contributed by atoms with van der Waals surface area (Å²) in [7, 11) is 3.46. The molecule has 7 nitrogen and oxygen atoms in total. The summed E-state index contributed by atoms with van der Waals surface area (Å²) in [6, 6.07) is 8.08. The Labute approximate surface area is 169 Å². The molecule has 0 radical (unpaired) electrons. The number of amides is 1. The summed E-state index contributed by atoms with van der Waals surface area (Å²) < 4.78 is 5.74. The van der Waals surface area contributed by atoms with Gasteiger partial charge in [-0.25, -0.2) is 9.98 Å². The average molecular weight is 402 g/mol. The second-order valence-corrected chi connectivity index (χ2v) is 8.22. The molecule has 0 aliphatic carbocycles. The van der Waals surface area contributed by atoms with Crippen LogP contribution in [0.15, 0.2) is 29.3 Å². The van der Waals surface area contributed by atoms with E-state index >= 15 is 0 Å². The van der Waals surface area contributed by atoms with E-state index < -0.39 is 0 Å². The Hall–Kier alpha value is -2.61. The molecule has 1 atom stereocenters. The minimum absolute atomic E-state index is 0.0468. The molecule has 28 heavy (non-hydrogen) atoms. The van der Waals surface area contributed by atoms with Gasteiger partial charge in [-0.2, -0.15) is 0 Å². The predicted octanol–water partition coefficient (Wildman–Crippen LogP) is 2.41. The first-order valence-corrected chi connectivity index (χ1v) is 10.2. The molecule has 1 aliphatic rings. The van der Waals surface area contributed by atoms with E-state index in [2.05, 4.69) is 33.6 Å².